The highest BCUT2D eigenvalue weighted by molar-refractivity contribution is 5.50. The summed E-state index contributed by atoms with van der Waals surface area (Å²) in [4.78, 5) is 2.46. The van der Waals surface area contributed by atoms with Crippen LogP contribution in [0.3, 0.4) is 0 Å². The molecule has 0 aromatic heterocycles. The Bertz CT molecular complexity index is 375. The quantitative estimate of drug-likeness (QED) is 0.776. The average molecular weight is 233 g/mol. The van der Waals surface area contributed by atoms with Crippen molar-refractivity contribution >= 4 is 5.69 Å². The molecule has 0 bridgehead atoms. The summed E-state index contributed by atoms with van der Waals surface area (Å²) in [6.45, 7) is 10.7. The van der Waals surface area contributed by atoms with E-state index in [4.69, 9.17) is 4.74 Å². The van der Waals surface area contributed by atoms with E-state index in [0.717, 1.165) is 13.2 Å². The number of rotatable bonds is 2. The Kier molecular flexibility index (Phi) is 3.72. The van der Waals surface area contributed by atoms with Gasteiger partial charge in [-0.15, -0.1) is 0 Å². The minimum Gasteiger partial charge on any atom is -0.375 e. The number of morpholine rings is 1. The third-order valence-corrected chi connectivity index (χ3v) is 3.75. The Labute approximate surface area is 105 Å². The number of anilines is 1. The molecule has 17 heavy (non-hydrogen) atoms. The lowest BCUT2D eigenvalue weighted by molar-refractivity contribution is 0.0284. The van der Waals surface area contributed by atoms with Crippen LogP contribution in [0.4, 0.5) is 5.69 Å². The van der Waals surface area contributed by atoms with Crippen LogP contribution in [0.5, 0.6) is 0 Å². The second kappa shape index (κ2) is 5.09. The van der Waals surface area contributed by atoms with E-state index >= 15 is 0 Å². The highest BCUT2D eigenvalue weighted by Gasteiger charge is 2.25. The van der Waals surface area contributed by atoms with E-state index in [1.165, 1.54) is 11.3 Å². The fraction of sp³-hybridized carbons (Fsp3) is 0.600. The van der Waals surface area contributed by atoms with Gasteiger partial charge in [-0.3, -0.25) is 0 Å². The lowest BCUT2D eigenvalue weighted by Crippen LogP contribution is -2.48. The summed E-state index contributed by atoms with van der Waals surface area (Å²) >= 11 is 0. The zero-order valence-corrected chi connectivity index (χ0v) is 11.3. The van der Waals surface area contributed by atoms with Crippen LogP contribution in [0, 0.1) is 0 Å². The second-order valence-corrected chi connectivity index (χ2v) is 5.26. The molecule has 0 radical (unpaired) electrons. The van der Waals surface area contributed by atoms with Crippen molar-refractivity contribution in [2.24, 2.45) is 0 Å². The molecule has 0 N–H and O–H groups in total. The molecule has 94 valence electrons. The highest BCUT2D eigenvalue weighted by Crippen LogP contribution is 2.26. The Morgan fingerprint density at radius 2 is 2.06 bits per heavy atom. The number of hydrogen-bond acceptors (Lipinski definition) is 2. The van der Waals surface area contributed by atoms with E-state index in [0.29, 0.717) is 18.1 Å². The summed E-state index contributed by atoms with van der Waals surface area (Å²) in [5, 5.41) is 0. The molecular weight excluding hydrogens is 210 g/mol. The Morgan fingerprint density at radius 3 is 2.76 bits per heavy atom. The van der Waals surface area contributed by atoms with Crippen molar-refractivity contribution < 1.29 is 4.74 Å². The number of ether oxygens (including phenoxy) is 1. The van der Waals surface area contributed by atoms with Gasteiger partial charge in [-0.2, -0.15) is 0 Å². The molecule has 1 aliphatic heterocycles. The molecule has 1 aliphatic rings. The van der Waals surface area contributed by atoms with Crippen LogP contribution in [0.25, 0.3) is 0 Å². The minimum atomic E-state index is 0.312. The van der Waals surface area contributed by atoms with Gasteiger partial charge in [0.25, 0.3) is 0 Å². The normalized spacial score (nSPS) is 25.4. The molecule has 2 heteroatoms. The van der Waals surface area contributed by atoms with Gasteiger partial charge in [-0.05, 0) is 37.5 Å². The van der Waals surface area contributed by atoms with Gasteiger partial charge < -0.3 is 9.64 Å². The summed E-state index contributed by atoms with van der Waals surface area (Å²) in [5.74, 6) is 0.587. The van der Waals surface area contributed by atoms with Crippen LogP contribution in [-0.4, -0.2) is 25.3 Å². The summed E-state index contributed by atoms with van der Waals surface area (Å²) in [6, 6.07) is 9.35. The van der Waals surface area contributed by atoms with E-state index in [-0.39, 0.29) is 0 Å². The zero-order valence-electron chi connectivity index (χ0n) is 11.3. The average Bonchev–Trinajstić information content (AvgIpc) is 2.33. The first-order valence-electron chi connectivity index (χ1n) is 6.58. The largest absolute Gasteiger partial charge is 0.375 e. The molecular formula is C15H23NO. The maximum atomic E-state index is 5.68. The minimum absolute atomic E-state index is 0.312. The first-order valence-corrected chi connectivity index (χ1v) is 6.58. The molecule has 2 unspecified atom stereocenters. The molecule has 0 amide bonds. The summed E-state index contributed by atoms with van der Waals surface area (Å²) in [5.41, 5.74) is 2.74. The molecule has 0 spiro atoms. The van der Waals surface area contributed by atoms with E-state index < -0.39 is 0 Å². The monoisotopic (exact) mass is 233 g/mol. The lowest BCUT2D eigenvalue weighted by atomic mass is 10.0. The van der Waals surface area contributed by atoms with E-state index in [1.807, 2.05) is 0 Å². The predicted octanol–water partition coefficient (Wildman–Crippen LogP) is 3.42. The van der Waals surface area contributed by atoms with Gasteiger partial charge in [-0.1, -0.05) is 26.0 Å². The van der Waals surface area contributed by atoms with Crippen molar-refractivity contribution in [3.63, 3.8) is 0 Å². The van der Waals surface area contributed by atoms with Crippen LogP contribution in [-0.2, 0) is 4.74 Å². The summed E-state index contributed by atoms with van der Waals surface area (Å²) in [6.07, 6.45) is 0.312. The van der Waals surface area contributed by atoms with Gasteiger partial charge in [0, 0.05) is 12.2 Å². The predicted molar refractivity (Wildman–Crippen MR) is 72.8 cm³/mol. The van der Waals surface area contributed by atoms with Gasteiger partial charge in [0.2, 0.25) is 0 Å². The lowest BCUT2D eigenvalue weighted by Gasteiger charge is -2.39. The van der Waals surface area contributed by atoms with Crippen molar-refractivity contribution in [2.75, 3.05) is 18.1 Å². The van der Waals surface area contributed by atoms with Gasteiger partial charge in [0.05, 0.1) is 18.8 Å². The smallest absolute Gasteiger partial charge is 0.0748 e. The number of hydrogen-bond donors (Lipinski definition) is 0. The van der Waals surface area contributed by atoms with Crippen molar-refractivity contribution in [3.05, 3.63) is 29.8 Å². The van der Waals surface area contributed by atoms with E-state index in [2.05, 4.69) is 56.9 Å². The molecule has 2 atom stereocenters. The maximum Gasteiger partial charge on any atom is 0.0748 e. The SMILES string of the molecule is CC(C)c1cccc(N2CCOC(C)C2C)c1. The third-order valence-electron chi connectivity index (χ3n) is 3.75. The van der Waals surface area contributed by atoms with Gasteiger partial charge in [0.1, 0.15) is 0 Å². The maximum absolute atomic E-state index is 5.68. The molecule has 1 fully saturated rings. The van der Waals surface area contributed by atoms with Crippen LogP contribution in [0.1, 0.15) is 39.2 Å². The van der Waals surface area contributed by atoms with Crippen molar-refractivity contribution in [2.45, 2.75) is 45.8 Å². The van der Waals surface area contributed by atoms with Gasteiger partial charge in [-0.25, -0.2) is 0 Å². The third kappa shape index (κ3) is 2.63. The molecule has 1 aromatic carbocycles. The van der Waals surface area contributed by atoms with E-state index in [9.17, 15) is 0 Å². The van der Waals surface area contributed by atoms with Crippen molar-refractivity contribution in [3.8, 4) is 0 Å². The Hall–Kier alpha value is -1.02. The van der Waals surface area contributed by atoms with Crippen LogP contribution >= 0.6 is 0 Å². The van der Waals surface area contributed by atoms with E-state index in [1.54, 1.807) is 0 Å². The molecule has 0 aliphatic carbocycles. The van der Waals surface area contributed by atoms with Gasteiger partial charge >= 0.3 is 0 Å². The summed E-state index contributed by atoms with van der Waals surface area (Å²) < 4.78 is 5.68. The highest BCUT2D eigenvalue weighted by atomic mass is 16.5. The topological polar surface area (TPSA) is 12.5 Å². The Morgan fingerprint density at radius 1 is 1.29 bits per heavy atom. The second-order valence-electron chi connectivity index (χ2n) is 5.26. The van der Waals surface area contributed by atoms with Gasteiger partial charge in [0.15, 0.2) is 0 Å². The van der Waals surface area contributed by atoms with Crippen LogP contribution in [0.2, 0.25) is 0 Å². The zero-order chi connectivity index (χ0) is 12.4. The van der Waals surface area contributed by atoms with Crippen LogP contribution < -0.4 is 4.90 Å². The molecule has 0 saturated carbocycles. The molecule has 2 rings (SSSR count). The standard InChI is InChI=1S/C15H23NO/c1-11(2)14-6-5-7-15(10-14)16-8-9-17-13(4)12(16)3/h5-7,10-13H,8-9H2,1-4H3. The first-order chi connectivity index (χ1) is 8.09. The number of nitrogens with zero attached hydrogens (tertiary/aromatic N) is 1. The molecule has 1 heterocycles. The fourth-order valence-corrected chi connectivity index (χ4v) is 2.36. The molecule has 1 aromatic rings. The van der Waals surface area contributed by atoms with Crippen molar-refractivity contribution in [1.82, 2.24) is 0 Å². The van der Waals surface area contributed by atoms with Crippen molar-refractivity contribution in [1.29, 1.82) is 0 Å². The first kappa shape index (κ1) is 12.4. The number of benzene rings is 1. The fourth-order valence-electron chi connectivity index (χ4n) is 2.36. The van der Waals surface area contributed by atoms with Crippen LogP contribution in [0.15, 0.2) is 24.3 Å². The molecule has 2 nitrogen and oxygen atoms in total. The summed E-state index contributed by atoms with van der Waals surface area (Å²) in [7, 11) is 0. The Balaban J connectivity index is 2.23. The molecule has 1 saturated heterocycles.